The van der Waals surface area contributed by atoms with Gasteiger partial charge < -0.3 is 4.98 Å². The molecule has 9 nitrogen and oxygen atoms in total. The second-order valence-corrected chi connectivity index (χ2v) is 10.2. The van der Waals surface area contributed by atoms with Crippen LogP contribution in [-0.4, -0.2) is 56.5 Å². The standard InChI is InChI=1S/C20H26N6O3S/c1-4-30(28,29)25-9-5-6-15(11-25)18-21-19-17(20(27)22-18)23-24-26(19)12-16-10-13(2)7-8-14(16)3/h7-8,10,15H,4-6,9,11-12H2,1-3H3,(H,21,22,27). The van der Waals surface area contributed by atoms with Crippen LogP contribution in [0.2, 0.25) is 0 Å². The molecule has 160 valence electrons. The van der Waals surface area contributed by atoms with Crippen LogP contribution in [0.15, 0.2) is 23.0 Å². The number of nitrogens with zero attached hydrogens (tertiary/aromatic N) is 5. The summed E-state index contributed by atoms with van der Waals surface area (Å²) in [5, 5.41) is 8.17. The van der Waals surface area contributed by atoms with Crippen LogP contribution in [-0.2, 0) is 16.6 Å². The Hall–Kier alpha value is -2.59. The number of nitrogens with one attached hydrogen (secondary N) is 1. The van der Waals surface area contributed by atoms with Crippen molar-refractivity contribution in [3.05, 3.63) is 51.1 Å². The monoisotopic (exact) mass is 430 g/mol. The van der Waals surface area contributed by atoms with Crippen LogP contribution in [0.5, 0.6) is 0 Å². The number of aromatic nitrogens is 5. The third-order valence-electron chi connectivity index (χ3n) is 5.75. The summed E-state index contributed by atoms with van der Waals surface area (Å²) in [4.78, 5) is 20.1. The zero-order valence-electron chi connectivity index (χ0n) is 17.4. The number of aromatic amines is 1. The van der Waals surface area contributed by atoms with E-state index in [0.29, 0.717) is 31.1 Å². The van der Waals surface area contributed by atoms with Crippen molar-refractivity contribution in [1.29, 1.82) is 0 Å². The molecule has 10 heteroatoms. The highest BCUT2D eigenvalue weighted by Crippen LogP contribution is 2.26. The first-order valence-electron chi connectivity index (χ1n) is 10.2. The fourth-order valence-corrected chi connectivity index (χ4v) is 5.10. The molecule has 0 bridgehead atoms. The number of rotatable bonds is 5. The van der Waals surface area contributed by atoms with E-state index in [0.717, 1.165) is 29.5 Å². The van der Waals surface area contributed by atoms with E-state index >= 15 is 0 Å². The van der Waals surface area contributed by atoms with Crippen LogP contribution in [0.4, 0.5) is 0 Å². The van der Waals surface area contributed by atoms with Gasteiger partial charge in [0.25, 0.3) is 5.56 Å². The fraction of sp³-hybridized carbons (Fsp3) is 0.500. The number of hydrogen-bond donors (Lipinski definition) is 1. The van der Waals surface area contributed by atoms with Crippen LogP contribution >= 0.6 is 0 Å². The average molecular weight is 431 g/mol. The Bertz CT molecular complexity index is 1250. The topological polar surface area (TPSA) is 114 Å². The molecule has 1 aromatic carbocycles. The van der Waals surface area contributed by atoms with Gasteiger partial charge in [-0.05, 0) is 44.7 Å². The van der Waals surface area contributed by atoms with Gasteiger partial charge in [-0.25, -0.2) is 22.4 Å². The average Bonchev–Trinajstić information content (AvgIpc) is 3.14. The van der Waals surface area contributed by atoms with E-state index in [2.05, 4.69) is 38.5 Å². The molecule has 1 fully saturated rings. The normalized spacial score (nSPS) is 18.2. The van der Waals surface area contributed by atoms with Crippen LogP contribution in [0.25, 0.3) is 11.2 Å². The highest BCUT2D eigenvalue weighted by molar-refractivity contribution is 7.89. The highest BCUT2D eigenvalue weighted by Gasteiger charge is 2.30. The summed E-state index contributed by atoms with van der Waals surface area (Å²) < 4.78 is 27.7. The van der Waals surface area contributed by atoms with Crippen molar-refractivity contribution >= 4 is 21.2 Å². The highest BCUT2D eigenvalue weighted by atomic mass is 32.2. The number of piperidine rings is 1. The van der Waals surface area contributed by atoms with E-state index in [9.17, 15) is 13.2 Å². The Morgan fingerprint density at radius 3 is 2.83 bits per heavy atom. The zero-order valence-corrected chi connectivity index (χ0v) is 18.2. The molecule has 0 saturated carbocycles. The van der Waals surface area contributed by atoms with Crippen molar-refractivity contribution in [1.82, 2.24) is 29.3 Å². The maximum absolute atomic E-state index is 12.6. The van der Waals surface area contributed by atoms with Gasteiger partial charge in [0.05, 0.1) is 12.3 Å². The fourth-order valence-electron chi connectivity index (χ4n) is 3.92. The maximum Gasteiger partial charge on any atom is 0.281 e. The first kappa shape index (κ1) is 20.7. The molecular weight excluding hydrogens is 404 g/mol. The van der Waals surface area contributed by atoms with Gasteiger partial charge in [-0.15, -0.1) is 5.10 Å². The van der Waals surface area contributed by atoms with Crippen LogP contribution in [0, 0.1) is 13.8 Å². The molecule has 1 unspecified atom stereocenters. The van der Waals surface area contributed by atoms with Gasteiger partial charge in [0.1, 0.15) is 5.82 Å². The summed E-state index contributed by atoms with van der Waals surface area (Å²) in [7, 11) is -3.28. The van der Waals surface area contributed by atoms with Crippen molar-refractivity contribution in [2.45, 2.75) is 46.1 Å². The van der Waals surface area contributed by atoms with E-state index < -0.39 is 10.0 Å². The van der Waals surface area contributed by atoms with Crippen molar-refractivity contribution in [3.8, 4) is 0 Å². The molecule has 3 heterocycles. The van der Waals surface area contributed by atoms with E-state index in [4.69, 9.17) is 0 Å². The lowest BCUT2D eigenvalue weighted by Crippen LogP contribution is -2.40. The van der Waals surface area contributed by atoms with Gasteiger partial charge in [-0.2, -0.15) is 0 Å². The number of benzene rings is 1. The Morgan fingerprint density at radius 2 is 2.07 bits per heavy atom. The van der Waals surface area contributed by atoms with Gasteiger partial charge in [-0.1, -0.05) is 29.0 Å². The van der Waals surface area contributed by atoms with E-state index in [1.54, 1.807) is 11.6 Å². The third-order valence-corrected chi connectivity index (χ3v) is 7.59. The number of sulfonamides is 1. The summed E-state index contributed by atoms with van der Waals surface area (Å²) in [5.41, 5.74) is 3.62. The molecule has 0 radical (unpaired) electrons. The summed E-state index contributed by atoms with van der Waals surface area (Å²) in [6.45, 7) is 6.99. The maximum atomic E-state index is 12.6. The molecule has 30 heavy (non-hydrogen) atoms. The molecule has 0 aliphatic carbocycles. The first-order valence-corrected chi connectivity index (χ1v) is 11.8. The first-order chi connectivity index (χ1) is 14.3. The molecule has 1 saturated heterocycles. The second kappa shape index (κ2) is 7.92. The van der Waals surface area contributed by atoms with Crippen molar-refractivity contribution in [3.63, 3.8) is 0 Å². The number of H-pyrrole nitrogens is 1. The van der Waals surface area contributed by atoms with Gasteiger partial charge >= 0.3 is 0 Å². The predicted octanol–water partition coefficient (Wildman–Crippen LogP) is 1.71. The molecule has 0 amide bonds. The van der Waals surface area contributed by atoms with Gasteiger partial charge in [0, 0.05) is 19.0 Å². The minimum absolute atomic E-state index is 0.0647. The molecule has 3 aromatic rings. The predicted molar refractivity (Wildman–Crippen MR) is 114 cm³/mol. The number of hydrogen-bond acceptors (Lipinski definition) is 6. The van der Waals surface area contributed by atoms with Crippen LogP contribution in [0.1, 0.15) is 48.2 Å². The quantitative estimate of drug-likeness (QED) is 0.659. The van der Waals surface area contributed by atoms with Crippen molar-refractivity contribution in [2.24, 2.45) is 0 Å². The summed E-state index contributed by atoms with van der Waals surface area (Å²) in [6, 6.07) is 6.20. The summed E-state index contributed by atoms with van der Waals surface area (Å²) in [5.74, 6) is 0.393. The van der Waals surface area contributed by atoms with E-state index in [-0.39, 0.29) is 22.7 Å². The minimum atomic E-state index is -3.28. The Labute approximate surface area is 175 Å². The van der Waals surface area contributed by atoms with Crippen molar-refractivity contribution < 1.29 is 8.42 Å². The molecule has 2 aromatic heterocycles. The van der Waals surface area contributed by atoms with E-state index in [1.807, 2.05) is 13.8 Å². The lowest BCUT2D eigenvalue weighted by atomic mass is 9.99. The summed E-state index contributed by atoms with van der Waals surface area (Å²) >= 11 is 0. The molecule has 1 atom stereocenters. The summed E-state index contributed by atoms with van der Waals surface area (Å²) in [6.07, 6.45) is 1.49. The van der Waals surface area contributed by atoms with Gasteiger partial charge in [-0.3, -0.25) is 4.79 Å². The lowest BCUT2D eigenvalue weighted by Gasteiger charge is -2.31. The molecule has 1 aliphatic heterocycles. The SMILES string of the molecule is CCS(=O)(=O)N1CCCC(c2nc3c(nnn3Cc3cc(C)ccc3C)c(=O)[nH]2)C1. The molecule has 1 N–H and O–H groups in total. The smallest absolute Gasteiger partial charge is 0.281 e. The molecular formula is C20H26N6O3S. The van der Waals surface area contributed by atoms with Crippen LogP contribution in [0.3, 0.4) is 0 Å². The van der Waals surface area contributed by atoms with Crippen molar-refractivity contribution in [2.75, 3.05) is 18.8 Å². The Kier molecular flexibility index (Phi) is 5.46. The number of fused-ring (bicyclic) bond motifs is 1. The largest absolute Gasteiger partial charge is 0.308 e. The Balaban J connectivity index is 1.70. The molecule has 4 rings (SSSR count). The number of aryl methyl sites for hydroxylation is 2. The molecule has 1 aliphatic rings. The molecule has 0 spiro atoms. The van der Waals surface area contributed by atoms with Crippen LogP contribution < -0.4 is 5.56 Å². The minimum Gasteiger partial charge on any atom is -0.308 e. The lowest BCUT2D eigenvalue weighted by molar-refractivity contribution is 0.309. The third kappa shape index (κ3) is 3.89. The Morgan fingerprint density at radius 1 is 1.27 bits per heavy atom. The van der Waals surface area contributed by atoms with Gasteiger partial charge in [0.15, 0.2) is 11.2 Å². The van der Waals surface area contributed by atoms with Gasteiger partial charge in [0.2, 0.25) is 10.0 Å². The zero-order chi connectivity index (χ0) is 21.5. The van der Waals surface area contributed by atoms with E-state index in [1.165, 1.54) is 4.31 Å². The second-order valence-electron chi connectivity index (χ2n) is 7.90.